The number of carbonyl (C=O) groups excluding carboxylic acids is 1. The summed E-state index contributed by atoms with van der Waals surface area (Å²) < 4.78 is 5.36. The van der Waals surface area contributed by atoms with Gasteiger partial charge in [-0.1, -0.05) is 0 Å². The van der Waals surface area contributed by atoms with Crippen LogP contribution in [-0.2, 0) is 0 Å². The van der Waals surface area contributed by atoms with Crippen LogP contribution in [0.3, 0.4) is 0 Å². The third-order valence-electron chi connectivity index (χ3n) is 3.24. The molecule has 0 fully saturated rings. The second kappa shape index (κ2) is 5.41. The highest BCUT2D eigenvalue weighted by Crippen LogP contribution is 2.24. The summed E-state index contributed by atoms with van der Waals surface area (Å²) in [5, 5.41) is 13.5. The summed E-state index contributed by atoms with van der Waals surface area (Å²) in [5.41, 5.74) is 7.10. The number of amides is 1. The van der Waals surface area contributed by atoms with E-state index in [0.29, 0.717) is 22.7 Å². The predicted molar refractivity (Wildman–Crippen MR) is 84.2 cm³/mol. The maximum Gasteiger partial charge on any atom is 0.292 e. The van der Waals surface area contributed by atoms with Crippen molar-refractivity contribution >= 4 is 34.1 Å². The number of hydrogen-bond acceptors (Lipinski definition) is 6. The molecule has 0 saturated heterocycles. The van der Waals surface area contributed by atoms with Crippen molar-refractivity contribution in [3.8, 4) is 0 Å². The third-order valence-corrected chi connectivity index (χ3v) is 3.24. The fraction of sp³-hybridized carbons (Fsp3) is 0.0667. The minimum absolute atomic E-state index is 0.00559. The van der Waals surface area contributed by atoms with Crippen LogP contribution in [0.1, 0.15) is 16.2 Å². The number of nitro groups is 1. The van der Waals surface area contributed by atoms with Gasteiger partial charge in [0, 0.05) is 24.2 Å². The monoisotopic (exact) mass is 312 g/mol. The molecule has 0 saturated carbocycles. The molecule has 0 atom stereocenters. The third kappa shape index (κ3) is 2.82. The lowest BCUT2D eigenvalue weighted by molar-refractivity contribution is -0.383. The standard InChI is InChI=1S/C15H12N4O4/c1-8-17-12-7-10(3-5-14(12)23-8)18-15(20)9-2-4-11(16)13(6-9)19(21)22/h2-7H,16H2,1H3,(H,18,20). The molecule has 0 spiro atoms. The topological polar surface area (TPSA) is 124 Å². The molecular weight excluding hydrogens is 300 g/mol. The molecule has 3 N–H and O–H groups in total. The minimum atomic E-state index is -0.629. The number of nitrogens with two attached hydrogens (primary N) is 1. The molecule has 0 unspecified atom stereocenters. The van der Waals surface area contributed by atoms with E-state index in [1.54, 1.807) is 25.1 Å². The van der Waals surface area contributed by atoms with Crippen molar-refractivity contribution in [2.45, 2.75) is 6.92 Å². The summed E-state index contributed by atoms with van der Waals surface area (Å²) in [7, 11) is 0. The molecule has 3 rings (SSSR count). The predicted octanol–water partition coefficient (Wildman–Crippen LogP) is 2.88. The molecule has 2 aromatic carbocycles. The number of anilines is 2. The van der Waals surface area contributed by atoms with Crippen LogP contribution < -0.4 is 11.1 Å². The van der Waals surface area contributed by atoms with Gasteiger partial charge >= 0.3 is 0 Å². The first-order valence-corrected chi connectivity index (χ1v) is 6.66. The van der Waals surface area contributed by atoms with Gasteiger partial charge < -0.3 is 15.5 Å². The average Bonchev–Trinajstić information content (AvgIpc) is 2.86. The van der Waals surface area contributed by atoms with Crippen molar-refractivity contribution in [2.24, 2.45) is 0 Å². The van der Waals surface area contributed by atoms with Gasteiger partial charge in [0.15, 0.2) is 11.5 Å². The molecule has 0 aliphatic carbocycles. The van der Waals surface area contributed by atoms with Crippen molar-refractivity contribution < 1.29 is 14.1 Å². The molecule has 1 amide bonds. The van der Waals surface area contributed by atoms with E-state index >= 15 is 0 Å². The number of nitro benzene ring substituents is 1. The minimum Gasteiger partial charge on any atom is -0.441 e. The zero-order valence-electron chi connectivity index (χ0n) is 12.1. The number of nitrogen functional groups attached to an aromatic ring is 1. The van der Waals surface area contributed by atoms with Crippen LogP contribution in [0.5, 0.6) is 0 Å². The van der Waals surface area contributed by atoms with Crippen LogP contribution in [0.2, 0.25) is 0 Å². The molecule has 1 aromatic heterocycles. The highest BCUT2D eigenvalue weighted by Gasteiger charge is 2.16. The number of benzene rings is 2. The van der Waals surface area contributed by atoms with Gasteiger partial charge in [0.25, 0.3) is 11.6 Å². The summed E-state index contributed by atoms with van der Waals surface area (Å²) in [6.45, 7) is 1.73. The maximum absolute atomic E-state index is 12.2. The fourth-order valence-electron chi connectivity index (χ4n) is 2.17. The molecular formula is C15H12N4O4. The van der Waals surface area contributed by atoms with Crippen molar-refractivity contribution in [1.82, 2.24) is 4.98 Å². The Kier molecular flexibility index (Phi) is 3.41. The number of rotatable bonds is 3. The molecule has 0 radical (unpaired) electrons. The average molecular weight is 312 g/mol. The number of fused-ring (bicyclic) bond motifs is 1. The van der Waals surface area contributed by atoms with Crippen molar-refractivity contribution in [2.75, 3.05) is 11.1 Å². The molecule has 8 nitrogen and oxygen atoms in total. The molecule has 23 heavy (non-hydrogen) atoms. The van der Waals surface area contributed by atoms with Gasteiger partial charge in [0.05, 0.1) is 4.92 Å². The first-order valence-electron chi connectivity index (χ1n) is 6.66. The molecule has 0 aliphatic heterocycles. The number of aromatic nitrogens is 1. The lowest BCUT2D eigenvalue weighted by Crippen LogP contribution is -2.12. The van der Waals surface area contributed by atoms with Gasteiger partial charge in [-0.2, -0.15) is 0 Å². The number of nitrogens with one attached hydrogen (secondary N) is 1. The first kappa shape index (κ1) is 14.5. The Morgan fingerprint density at radius 2 is 2.09 bits per heavy atom. The zero-order chi connectivity index (χ0) is 16.6. The fourth-order valence-corrected chi connectivity index (χ4v) is 2.17. The molecule has 1 heterocycles. The summed E-state index contributed by atoms with van der Waals surface area (Å²) >= 11 is 0. The Morgan fingerprint density at radius 3 is 2.83 bits per heavy atom. The summed E-state index contributed by atoms with van der Waals surface area (Å²) in [5.74, 6) is 0.0466. The molecule has 0 aliphatic rings. The van der Waals surface area contributed by atoms with E-state index in [4.69, 9.17) is 10.2 Å². The Morgan fingerprint density at radius 1 is 1.30 bits per heavy atom. The summed E-state index contributed by atoms with van der Waals surface area (Å²) in [6.07, 6.45) is 0. The van der Waals surface area contributed by atoms with Crippen LogP contribution in [0.25, 0.3) is 11.1 Å². The van der Waals surface area contributed by atoms with Gasteiger partial charge in [-0.15, -0.1) is 0 Å². The second-order valence-electron chi connectivity index (χ2n) is 4.90. The molecule has 3 aromatic rings. The second-order valence-corrected chi connectivity index (χ2v) is 4.90. The van der Waals surface area contributed by atoms with Gasteiger partial charge in [0.1, 0.15) is 11.2 Å². The SMILES string of the molecule is Cc1nc2cc(NC(=O)c3ccc(N)c([N+](=O)[O-])c3)ccc2o1. The van der Waals surface area contributed by atoms with Crippen LogP contribution in [0.4, 0.5) is 17.1 Å². The number of oxazole rings is 1. The van der Waals surface area contributed by atoms with Crippen LogP contribution in [-0.4, -0.2) is 15.8 Å². The van der Waals surface area contributed by atoms with E-state index in [-0.39, 0.29) is 16.9 Å². The quantitative estimate of drug-likeness (QED) is 0.435. The van der Waals surface area contributed by atoms with Crippen molar-refractivity contribution in [3.05, 3.63) is 58.0 Å². The van der Waals surface area contributed by atoms with Crippen LogP contribution in [0, 0.1) is 17.0 Å². The van der Waals surface area contributed by atoms with E-state index in [9.17, 15) is 14.9 Å². The lowest BCUT2D eigenvalue weighted by atomic mass is 10.1. The van der Waals surface area contributed by atoms with E-state index in [1.807, 2.05) is 0 Å². The first-order chi connectivity index (χ1) is 10.9. The highest BCUT2D eigenvalue weighted by atomic mass is 16.6. The largest absolute Gasteiger partial charge is 0.441 e. The van der Waals surface area contributed by atoms with E-state index in [0.717, 1.165) is 6.07 Å². The number of carbonyl (C=O) groups is 1. The normalized spacial score (nSPS) is 10.7. The van der Waals surface area contributed by atoms with Crippen LogP contribution in [0.15, 0.2) is 40.8 Å². The Balaban J connectivity index is 1.88. The number of aryl methyl sites for hydroxylation is 1. The molecule has 0 bridgehead atoms. The lowest BCUT2D eigenvalue weighted by Gasteiger charge is -2.06. The van der Waals surface area contributed by atoms with E-state index in [1.165, 1.54) is 12.1 Å². The van der Waals surface area contributed by atoms with Gasteiger partial charge in [-0.3, -0.25) is 14.9 Å². The number of nitrogens with zero attached hydrogens (tertiary/aromatic N) is 2. The van der Waals surface area contributed by atoms with Crippen molar-refractivity contribution in [1.29, 1.82) is 0 Å². The van der Waals surface area contributed by atoms with Gasteiger partial charge in [-0.05, 0) is 30.3 Å². The smallest absolute Gasteiger partial charge is 0.292 e. The Hall–Kier alpha value is -3.42. The maximum atomic E-state index is 12.2. The summed E-state index contributed by atoms with van der Waals surface area (Å²) in [4.78, 5) is 26.7. The Labute approximate surface area is 130 Å². The number of hydrogen-bond donors (Lipinski definition) is 2. The van der Waals surface area contributed by atoms with E-state index in [2.05, 4.69) is 10.3 Å². The zero-order valence-corrected chi connectivity index (χ0v) is 12.1. The summed E-state index contributed by atoms with van der Waals surface area (Å²) in [6, 6.07) is 8.92. The van der Waals surface area contributed by atoms with Gasteiger partial charge in [-0.25, -0.2) is 4.98 Å². The van der Waals surface area contributed by atoms with Crippen LogP contribution >= 0.6 is 0 Å². The molecule has 116 valence electrons. The molecule has 8 heteroatoms. The Bertz CT molecular complexity index is 932. The van der Waals surface area contributed by atoms with Crippen molar-refractivity contribution in [3.63, 3.8) is 0 Å². The highest BCUT2D eigenvalue weighted by molar-refractivity contribution is 6.05. The van der Waals surface area contributed by atoms with Gasteiger partial charge in [0.2, 0.25) is 0 Å². The van der Waals surface area contributed by atoms with E-state index < -0.39 is 10.8 Å².